The van der Waals surface area contributed by atoms with Gasteiger partial charge in [-0.1, -0.05) is 65.9 Å². The molecule has 0 saturated carbocycles. The Bertz CT molecular complexity index is 1250. The summed E-state index contributed by atoms with van der Waals surface area (Å²) in [5, 5.41) is 32.6. The number of nitrogens with one attached hydrogen (secondary N) is 1. The number of nitrogens with zero attached hydrogens (tertiary/aromatic N) is 3. The van der Waals surface area contributed by atoms with Crippen LogP contribution in [0.2, 0.25) is 5.02 Å². The van der Waals surface area contributed by atoms with Crippen molar-refractivity contribution >= 4 is 68.6 Å². The highest BCUT2D eigenvalue weighted by atomic mass is 35.5. The lowest BCUT2D eigenvalue weighted by Crippen LogP contribution is -2.54. The summed E-state index contributed by atoms with van der Waals surface area (Å²) in [6.45, 7) is 3.72. The van der Waals surface area contributed by atoms with Crippen LogP contribution < -0.4 is 5.32 Å². The molecule has 3 N–H and O–H groups in total. The number of aromatic hydroxyl groups is 1. The minimum Gasteiger partial charge on any atom is -0.507 e. The summed E-state index contributed by atoms with van der Waals surface area (Å²) in [4.78, 5) is 12.8. The third-order valence-electron chi connectivity index (χ3n) is 5.19. The fraction of sp³-hybridized carbons (Fsp3) is 0.174. The third kappa shape index (κ3) is 4.77. The van der Waals surface area contributed by atoms with E-state index in [0.29, 0.717) is 25.7 Å². The number of carbonyl (C=O) groups excluding carboxylic acids is 1. The highest BCUT2D eigenvalue weighted by molar-refractivity contribution is 8.24. The van der Waals surface area contributed by atoms with E-state index in [-0.39, 0.29) is 5.75 Å². The van der Waals surface area contributed by atoms with Crippen LogP contribution in [0, 0.1) is 0 Å². The molecule has 1 aliphatic heterocycles. The van der Waals surface area contributed by atoms with Crippen LogP contribution in [0.5, 0.6) is 5.75 Å². The number of thioether (sulfide) groups is 1. The molecule has 3 aromatic carbocycles. The van der Waals surface area contributed by atoms with Crippen molar-refractivity contribution in [3.05, 3.63) is 71.2 Å². The van der Waals surface area contributed by atoms with E-state index >= 15 is 0 Å². The van der Waals surface area contributed by atoms with Crippen LogP contribution in [-0.4, -0.2) is 47.9 Å². The second kappa shape index (κ2) is 9.18. The highest BCUT2D eigenvalue weighted by Gasteiger charge is 2.50. The third-order valence-corrected chi connectivity index (χ3v) is 6.97. The number of hydroxylamine groups is 2. The number of benzene rings is 3. The summed E-state index contributed by atoms with van der Waals surface area (Å²) >= 11 is 12.7. The van der Waals surface area contributed by atoms with Gasteiger partial charge < -0.3 is 10.4 Å². The van der Waals surface area contributed by atoms with Crippen molar-refractivity contribution in [1.82, 2.24) is 10.1 Å². The van der Waals surface area contributed by atoms with E-state index in [1.165, 1.54) is 23.0 Å². The molecule has 10 heteroatoms. The van der Waals surface area contributed by atoms with Gasteiger partial charge in [-0.05, 0) is 55.0 Å². The first-order valence-electron chi connectivity index (χ1n) is 9.99. The Balaban J connectivity index is 1.63. The van der Waals surface area contributed by atoms with Gasteiger partial charge in [0.1, 0.15) is 5.75 Å². The first kappa shape index (κ1) is 23.3. The topological polar surface area (TPSA) is 88.4 Å². The summed E-state index contributed by atoms with van der Waals surface area (Å²) in [6, 6.07) is 16.8. The number of amides is 2. The molecule has 0 unspecified atom stereocenters. The summed E-state index contributed by atoms with van der Waals surface area (Å²) in [6.07, 6.45) is 0.597. The zero-order valence-corrected chi connectivity index (χ0v) is 20.2. The average Bonchev–Trinajstić information content (AvgIpc) is 3.01. The van der Waals surface area contributed by atoms with E-state index in [2.05, 4.69) is 10.4 Å². The molecule has 1 fully saturated rings. The van der Waals surface area contributed by atoms with Crippen molar-refractivity contribution in [2.24, 2.45) is 5.10 Å². The molecule has 0 spiro atoms. The number of rotatable bonds is 4. The highest BCUT2D eigenvalue weighted by Crippen LogP contribution is 2.43. The van der Waals surface area contributed by atoms with Gasteiger partial charge in [0.2, 0.25) is 0 Å². The van der Waals surface area contributed by atoms with Crippen molar-refractivity contribution in [3.8, 4) is 5.75 Å². The molecular weight excluding hydrogens is 480 g/mol. The Labute approximate surface area is 205 Å². The fourth-order valence-electron chi connectivity index (χ4n) is 3.59. The van der Waals surface area contributed by atoms with Gasteiger partial charge in [-0.25, -0.2) is 9.80 Å². The summed E-state index contributed by atoms with van der Waals surface area (Å²) in [5.74, 6) is 0.0624. The van der Waals surface area contributed by atoms with Crippen molar-refractivity contribution in [1.29, 1.82) is 0 Å². The van der Waals surface area contributed by atoms with E-state index in [4.69, 9.17) is 23.8 Å². The molecular formula is C23H21ClN4O3S2. The van der Waals surface area contributed by atoms with Crippen LogP contribution in [0.1, 0.15) is 19.4 Å². The maximum absolute atomic E-state index is 12.8. The second-order valence-corrected chi connectivity index (χ2v) is 10.7. The molecule has 4 rings (SSSR count). The number of thiocarbonyl (C=S) groups is 1. The summed E-state index contributed by atoms with van der Waals surface area (Å²) in [7, 11) is 0. The van der Waals surface area contributed by atoms with Crippen LogP contribution >= 0.6 is 35.6 Å². The van der Waals surface area contributed by atoms with Crippen LogP contribution in [0.4, 0.5) is 10.5 Å². The van der Waals surface area contributed by atoms with Gasteiger partial charge in [0.05, 0.1) is 11.0 Å². The smallest absolute Gasteiger partial charge is 0.347 e. The number of fused-ring (bicyclic) bond motifs is 1. The molecule has 3 aromatic rings. The number of urea groups is 1. The minimum atomic E-state index is -0.893. The van der Waals surface area contributed by atoms with Crippen molar-refractivity contribution < 1.29 is 15.1 Å². The van der Waals surface area contributed by atoms with Gasteiger partial charge in [0, 0.05) is 16.3 Å². The number of halogens is 1. The summed E-state index contributed by atoms with van der Waals surface area (Å²) in [5.41, 5.74) is 0.990. The van der Waals surface area contributed by atoms with E-state index in [1.54, 1.807) is 30.3 Å². The fourth-order valence-corrected chi connectivity index (χ4v) is 5.50. The van der Waals surface area contributed by atoms with Crippen LogP contribution in [0.3, 0.4) is 0 Å². The SMILES string of the molecule is CC1(C)SC(=S)N(/N=C\c2c(O)ccc3ccccc23)[C@H]1N(O)C(=O)Nc1ccc(Cl)cc1. The summed E-state index contributed by atoms with van der Waals surface area (Å²) < 4.78 is -0.277. The second-order valence-electron chi connectivity index (χ2n) is 7.94. The van der Waals surface area contributed by atoms with Crippen molar-refractivity contribution in [3.63, 3.8) is 0 Å². The maximum atomic E-state index is 12.8. The Kier molecular flexibility index (Phi) is 6.49. The number of hydrazone groups is 1. The molecule has 170 valence electrons. The molecule has 0 aliphatic carbocycles. The molecule has 2 amide bonds. The number of phenolic OH excluding ortho intramolecular Hbond substituents is 1. The predicted octanol–water partition coefficient (Wildman–Crippen LogP) is 5.89. The zero-order valence-electron chi connectivity index (χ0n) is 17.8. The van der Waals surface area contributed by atoms with E-state index in [0.717, 1.165) is 10.8 Å². The average molecular weight is 501 g/mol. The quantitative estimate of drug-likeness (QED) is 0.179. The number of hydrogen-bond donors (Lipinski definition) is 3. The number of phenols is 1. The van der Waals surface area contributed by atoms with E-state index in [9.17, 15) is 15.1 Å². The zero-order chi connectivity index (χ0) is 23.8. The van der Waals surface area contributed by atoms with Crippen molar-refractivity contribution in [2.75, 3.05) is 5.32 Å². The van der Waals surface area contributed by atoms with E-state index < -0.39 is 16.9 Å². The minimum absolute atomic E-state index is 0.0624. The van der Waals surface area contributed by atoms with Crippen LogP contribution in [-0.2, 0) is 0 Å². The van der Waals surface area contributed by atoms with Gasteiger partial charge in [-0.3, -0.25) is 5.21 Å². The number of carbonyl (C=O) groups is 1. The monoisotopic (exact) mass is 500 g/mol. The van der Waals surface area contributed by atoms with Gasteiger partial charge in [0.15, 0.2) is 10.5 Å². The molecule has 1 heterocycles. The first-order chi connectivity index (χ1) is 15.7. The van der Waals surface area contributed by atoms with Gasteiger partial charge in [-0.2, -0.15) is 10.2 Å². The standard InChI is InChI=1S/C23H21ClN4O3S2/c1-23(2)20(28(31)21(30)26-16-10-8-15(24)9-11-16)27(22(32)33-23)25-13-18-17-6-4-3-5-14(17)7-12-19(18)29/h3-13,20,29,31H,1-2H3,(H,26,30)/b25-13-/t20-/m0/s1. The molecule has 1 saturated heterocycles. The van der Waals surface area contributed by atoms with Gasteiger partial charge in [0.25, 0.3) is 0 Å². The lowest BCUT2D eigenvalue weighted by molar-refractivity contribution is -0.114. The van der Waals surface area contributed by atoms with E-state index in [1.807, 2.05) is 44.2 Å². The first-order valence-corrected chi connectivity index (χ1v) is 11.6. The number of hydrogen-bond acceptors (Lipinski definition) is 6. The molecule has 1 atom stereocenters. The maximum Gasteiger partial charge on any atom is 0.347 e. The van der Waals surface area contributed by atoms with Crippen molar-refractivity contribution in [2.45, 2.75) is 24.8 Å². The normalized spacial score (nSPS) is 17.6. The Morgan fingerprint density at radius 2 is 1.91 bits per heavy atom. The molecule has 7 nitrogen and oxygen atoms in total. The van der Waals surface area contributed by atoms with Crippen LogP contribution in [0.25, 0.3) is 10.8 Å². The van der Waals surface area contributed by atoms with Crippen LogP contribution in [0.15, 0.2) is 65.8 Å². The Morgan fingerprint density at radius 1 is 1.21 bits per heavy atom. The predicted molar refractivity (Wildman–Crippen MR) is 137 cm³/mol. The molecule has 0 radical (unpaired) electrons. The molecule has 0 aromatic heterocycles. The lowest BCUT2D eigenvalue weighted by Gasteiger charge is -2.34. The Hall–Kier alpha value is -2.85. The Morgan fingerprint density at radius 3 is 2.64 bits per heavy atom. The molecule has 1 aliphatic rings. The largest absolute Gasteiger partial charge is 0.507 e. The molecule has 33 heavy (non-hydrogen) atoms. The number of anilines is 1. The lowest BCUT2D eigenvalue weighted by atomic mass is 10.0. The van der Waals surface area contributed by atoms with Gasteiger partial charge in [-0.15, -0.1) is 0 Å². The molecule has 0 bridgehead atoms. The van der Waals surface area contributed by atoms with Gasteiger partial charge >= 0.3 is 6.03 Å².